The number of urea groups is 1. The third-order valence-corrected chi connectivity index (χ3v) is 7.04. The molecule has 4 nitrogen and oxygen atoms in total. The van der Waals surface area contributed by atoms with E-state index in [1.165, 1.54) is 17.2 Å². The molecule has 1 aliphatic heterocycles. The number of likely N-dealkylation sites (tertiary alicyclic amines) is 1. The van der Waals surface area contributed by atoms with Gasteiger partial charge in [0.05, 0.1) is 0 Å². The highest BCUT2D eigenvalue weighted by Crippen LogP contribution is 2.34. The van der Waals surface area contributed by atoms with E-state index in [9.17, 15) is 9.18 Å². The average molecular weight is 486 g/mol. The fourth-order valence-corrected chi connectivity index (χ4v) is 4.96. The molecule has 0 unspecified atom stereocenters. The smallest absolute Gasteiger partial charge is 0.324 e. The SMILES string of the molecule is CCN(CC)C(=O)N(C)c1ccc(C(=C2CCN(Cc3ccccc3)CC2)c2cccc(F)c2)cc1. The van der Waals surface area contributed by atoms with Crippen molar-refractivity contribution in [2.45, 2.75) is 33.2 Å². The van der Waals surface area contributed by atoms with Crippen LogP contribution in [0.3, 0.4) is 0 Å². The van der Waals surface area contributed by atoms with Gasteiger partial charge in [0.25, 0.3) is 0 Å². The van der Waals surface area contributed by atoms with Gasteiger partial charge in [0.1, 0.15) is 5.82 Å². The van der Waals surface area contributed by atoms with Crippen molar-refractivity contribution in [1.29, 1.82) is 0 Å². The van der Waals surface area contributed by atoms with Gasteiger partial charge in [0.15, 0.2) is 0 Å². The lowest BCUT2D eigenvalue weighted by atomic mass is 9.88. The highest BCUT2D eigenvalue weighted by atomic mass is 19.1. The second-order valence-corrected chi connectivity index (χ2v) is 9.31. The maximum absolute atomic E-state index is 14.2. The summed E-state index contributed by atoms with van der Waals surface area (Å²) in [4.78, 5) is 18.8. The molecule has 36 heavy (non-hydrogen) atoms. The lowest BCUT2D eigenvalue weighted by Gasteiger charge is -2.30. The largest absolute Gasteiger partial charge is 0.325 e. The number of piperidine rings is 1. The molecule has 1 saturated heterocycles. The summed E-state index contributed by atoms with van der Waals surface area (Å²) in [6.45, 7) is 8.22. The first kappa shape index (κ1) is 25.6. The summed E-state index contributed by atoms with van der Waals surface area (Å²) in [6.07, 6.45) is 1.89. The minimum atomic E-state index is -0.228. The van der Waals surface area contributed by atoms with Gasteiger partial charge in [0, 0.05) is 45.5 Å². The number of carbonyl (C=O) groups is 1. The molecule has 1 aliphatic rings. The summed E-state index contributed by atoms with van der Waals surface area (Å²) in [7, 11) is 1.81. The molecule has 188 valence electrons. The lowest BCUT2D eigenvalue weighted by Crippen LogP contribution is -2.41. The molecule has 1 heterocycles. The van der Waals surface area contributed by atoms with E-state index in [2.05, 4.69) is 41.3 Å². The van der Waals surface area contributed by atoms with Gasteiger partial charge in [-0.3, -0.25) is 9.80 Å². The number of hydrogen-bond acceptors (Lipinski definition) is 2. The highest BCUT2D eigenvalue weighted by Gasteiger charge is 2.21. The third kappa shape index (κ3) is 6.03. The highest BCUT2D eigenvalue weighted by molar-refractivity contribution is 5.92. The first-order chi connectivity index (χ1) is 17.5. The number of rotatable bonds is 7. The van der Waals surface area contributed by atoms with Crippen LogP contribution in [0.2, 0.25) is 0 Å². The Morgan fingerprint density at radius 3 is 2.14 bits per heavy atom. The van der Waals surface area contributed by atoms with Gasteiger partial charge in [-0.05, 0) is 73.2 Å². The van der Waals surface area contributed by atoms with Crippen molar-refractivity contribution in [3.63, 3.8) is 0 Å². The Morgan fingerprint density at radius 2 is 1.53 bits per heavy atom. The lowest BCUT2D eigenvalue weighted by molar-refractivity contribution is 0.211. The fourth-order valence-electron chi connectivity index (χ4n) is 4.96. The van der Waals surface area contributed by atoms with E-state index in [-0.39, 0.29) is 11.8 Å². The van der Waals surface area contributed by atoms with Crippen LogP contribution in [0.1, 0.15) is 43.4 Å². The predicted molar refractivity (Wildman–Crippen MR) is 147 cm³/mol. The van der Waals surface area contributed by atoms with Gasteiger partial charge in [0.2, 0.25) is 0 Å². The van der Waals surface area contributed by atoms with E-state index < -0.39 is 0 Å². The van der Waals surface area contributed by atoms with Gasteiger partial charge in [-0.2, -0.15) is 0 Å². The topological polar surface area (TPSA) is 26.8 Å². The van der Waals surface area contributed by atoms with Gasteiger partial charge >= 0.3 is 6.03 Å². The molecule has 0 aliphatic carbocycles. The molecule has 3 aromatic rings. The summed E-state index contributed by atoms with van der Waals surface area (Å²) in [6, 6.07) is 25.5. The Kier molecular flexibility index (Phi) is 8.55. The Bertz CT molecular complexity index is 1180. The molecule has 4 rings (SSSR count). The number of nitrogens with zero attached hydrogens (tertiary/aromatic N) is 3. The minimum absolute atomic E-state index is 0.0118. The first-order valence-electron chi connectivity index (χ1n) is 12.9. The molecule has 0 aromatic heterocycles. The standard InChI is InChI=1S/C31H36FN3O/c1-4-35(5-2)31(36)33(3)29-16-14-25(15-17-29)30(27-12-9-13-28(32)22-27)26-18-20-34(21-19-26)23-24-10-7-6-8-11-24/h6-17,22H,4-5,18-21,23H2,1-3H3. The van der Waals surface area contributed by atoms with E-state index in [0.717, 1.165) is 54.9 Å². The average Bonchev–Trinajstić information content (AvgIpc) is 2.91. The Balaban J connectivity index is 1.59. The van der Waals surface area contributed by atoms with Crippen LogP contribution >= 0.6 is 0 Å². The molecule has 0 bridgehead atoms. The fraction of sp³-hybridized carbons (Fsp3) is 0.323. The number of hydrogen-bond donors (Lipinski definition) is 0. The predicted octanol–water partition coefficient (Wildman–Crippen LogP) is 6.82. The van der Waals surface area contributed by atoms with Gasteiger partial charge in [-0.1, -0.05) is 60.2 Å². The van der Waals surface area contributed by atoms with Crippen LogP contribution in [0, 0.1) is 5.82 Å². The zero-order valence-electron chi connectivity index (χ0n) is 21.6. The zero-order valence-corrected chi connectivity index (χ0v) is 21.6. The molecular formula is C31H36FN3O. The summed E-state index contributed by atoms with van der Waals surface area (Å²) in [5.41, 5.74) is 6.59. The Morgan fingerprint density at radius 1 is 0.861 bits per heavy atom. The van der Waals surface area contributed by atoms with Crippen LogP contribution in [0.25, 0.3) is 5.57 Å². The summed E-state index contributed by atoms with van der Waals surface area (Å²) in [5, 5.41) is 0. The second-order valence-electron chi connectivity index (χ2n) is 9.31. The molecule has 0 atom stereocenters. The van der Waals surface area contributed by atoms with Crippen molar-refractivity contribution in [3.8, 4) is 0 Å². The van der Waals surface area contributed by atoms with Gasteiger partial charge in [-0.15, -0.1) is 0 Å². The summed E-state index contributed by atoms with van der Waals surface area (Å²) >= 11 is 0. The van der Waals surface area contributed by atoms with E-state index in [1.54, 1.807) is 21.9 Å². The minimum Gasteiger partial charge on any atom is -0.325 e. The van der Waals surface area contributed by atoms with Crippen molar-refractivity contribution < 1.29 is 9.18 Å². The summed E-state index contributed by atoms with van der Waals surface area (Å²) in [5.74, 6) is -0.228. The zero-order chi connectivity index (χ0) is 25.5. The normalized spacial score (nSPS) is 13.9. The number of benzene rings is 3. The number of halogens is 1. The van der Waals surface area contributed by atoms with Gasteiger partial charge in [-0.25, -0.2) is 9.18 Å². The molecule has 0 saturated carbocycles. The van der Waals surface area contributed by atoms with Crippen LogP contribution in [-0.4, -0.2) is 49.1 Å². The molecule has 0 spiro atoms. The monoisotopic (exact) mass is 485 g/mol. The van der Waals surface area contributed by atoms with Crippen molar-refractivity contribution in [3.05, 3.63) is 107 Å². The maximum atomic E-state index is 14.2. The molecule has 3 aromatic carbocycles. The Labute approximate surface area is 214 Å². The van der Waals surface area contributed by atoms with Crippen LogP contribution in [0.15, 0.2) is 84.4 Å². The first-order valence-corrected chi connectivity index (χ1v) is 12.9. The van der Waals surface area contributed by atoms with Crippen LogP contribution in [-0.2, 0) is 6.54 Å². The van der Waals surface area contributed by atoms with Crippen LogP contribution in [0.4, 0.5) is 14.9 Å². The second kappa shape index (κ2) is 12.0. The van der Waals surface area contributed by atoms with E-state index in [1.807, 2.05) is 45.2 Å². The van der Waals surface area contributed by atoms with Gasteiger partial charge < -0.3 is 4.90 Å². The molecule has 0 radical (unpaired) electrons. The quantitative estimate of drug-likeness (QED) is 0.367. The van der Waals surface area contributed by atoms with E-state index >= 15 is 0 Å². The molecule has 5 heteroatoms. The van der Waals surface area contributed by atoms with Crippen molar-refractivity contribution in [2.75, 3.05) is 38.1 Å². The van der Waals surface area contributed by atoms with Crippen LogP contribution in [0.5, 0.6) is 0 Å². The maximum Gasteiger partial charge on any atom is 0.324 e. The Hall–Kier alpha value is -3.44. The molecule has 1 fully saturated rings. The van der Waals surface area contributed by atoms with E-state index in [4.69, 9.17) is 0 Å². The number of anilines is 1. The van der Waals surface area contributed by atoms with Crippen molar-refractivity contribution >= 4 is 17.3 Å². The number of amides is 2. The molecular weight excluding hydrogens is 449 g/mol. The third-order valence-electron chi connectivity index (χ3n) is 7.04. The molecule has 0 N–H and O–H groups in total. The molecule has 2 amide bonds. The number of carbonyl (C=O) groups excluding carboxylic acids is 1. The van der Waals surface area contributed by atoms with Crippen molar-refractivity contribution in [1.82, 2.24) is 9.80 Å². The van der Waals surface area contributed by atoms with E-state index in [0.29, 0.717) is 13.1 Å². The van der Waals surface area contributed by atoms with Crippen LogP contribution < -0.4 is 4.90 Å². The van der Waals surface area contributed by atoms with Crippen molar-refractivity contribution in [2.24, 2.45) is 0 Å². The summed E-state index contributed by atoms with van der Waals surface area (Å²) < 4.78 is 14.2.